The summed E-state index contributed by atoms with van der Waals surface area (Å²) in [5.41, 5.74) is 4.07. The Balaban J connectivity index is 1.95. The molecule has 4 N–H and O–H groups in total. The van der Waals surface area contributed by atoms with Crippen molar-refractivity contribution >= 4 is 23.2 Å². The number of halogens is 1. The van der Waals surface area contributed by atoms with Crippen LogP contribution in [0.15, 0.2) is 70.7 Å². The van der Waals surface area contributed by atoms with Gasteiger partial charge in [0.2, 0.25) is 5.56 Å². The summed E-state index contributed by atoms with van der Waals surface area (Å²) >= 11 is 6.17. The Morgan fingerprint density at radius 3 is 2.40 bits per heavy atom. The Kier molecular flexibility index (Phi) is 8.81. The van der Waals surface area contributed by atoms with E-state index in [1.165, 1.54) is 10.6 Å². The SMILES string of the molecule is Cc1cc(Cl)ccc1C(C/C(=N\O)c1ccc(=O)n(C)c1)c1ccc(C(=O)NC[C@@H](O)CO)cc1. The molecule has 2 aromatic carbocycles. The summed E-state index contributed by atoms with van der Waals surface area (Å²) in [6.45, 7) is 1.45. The van der Waals surface area contributed by atoms with Crippen LogP contribution in [0.2, 0.25) is 5.02 Å². The van der Waals surface area contributed by atoms with Gasteiger partial charge < -0.3 is 25.3 Å². The number of carbonyl (C=O) groups excluding carboxylic acids is 1. The van der Waals surface area contributed by atoms with Gasteiger partial charge in [0.05, 0.1) is 18.4 Å². The van der Waals surface area contributed by atoms with Crippen molar-refractivity contribution in [2.24, 2.45) is 12.2 Å². The van der Waals surface area contributed by atoms with Crippen molar-refractivity contribution in [2.75, 3.05) is 13.2 Å². The predicted octanol–water partition coefficient (Wildman–Crippen LogP) is 2.83. The van der Waals surface area contributed by atoms with Crippen LogP contribution in [0.3, 0.4) is 0 Å². The van der Waals surface area contributed by atoms with Crippen molar-refractivity contribution in [1.29, 1.82) is 0 Å². The maximum Gasteiger partial charge on any atom is 0.251 e. The number of hydrogen-bond donors (Lipinski definition) is 4. The maximum absolute atomic E-state index is 12.4. The highest BCUT2D eigenvalue weighted by Crippen LogP contribution is 2.33. The van der Waals surface area contributed by atoms with Crippen LogP contribution in [0.25, 0.3) is 0 Å². The number of carbonyl (C=O) groups is 1. The number of oxime groups is 1. The molecule has 184 valence electrons. The van der Waals surface area contributed by atoms with Gasteiger partial charge in [-0.1, -0.05) is 35.0 Å². The van der Waals surface area contributed by atoms with Gasteiger partial charge in [0.15, 0.2) is 0 Å². The van der Waals surface area contributed by atoms with Crippen LogP contribution in [-0.4, -0.2) is 50.9 Å². The van der Waals surface area contributed by atoms with Crippen molar-refractivity contribution in [2.45, 2.75) is 25.4 Å². The maximum atomic E-state index is 12.4. The zero-order valence-electron chi connectivity index (χ0n) is 19.5. The normalized spacial score (nSPS) is 13.3. The van der Waals surface area contributed by atoms with E-state index in [0.29, 0.717) is 28.3 Å². The smallest absolute Gasteiger partial charge is 0.251 e. The van der Waals surface area contributed by atoms with Crippen molar-refractivity contribution in [3.8, 4) is 0 Å². The highest BCUT2D eigenvalue weighted by molar-refractivity contribution is 6.30. The molecular formula is C26H28ClN3O5. The molecule has 0 fully saturated rings. The Bertz CT molecular complexity index is 1270. The fraction of sp³-hybridized carbons (Fsp3) is 0.269. The predicted molar refractivity (Wildman–Crippen MR) is 135 cm³/mol. The summed E-state index contributed by atoms with van der Waals surface area (Å²) in [6.07, 6.45) is 0.923. The van der Waals surface area contributed by atoms with Gasteiger partial charge in [0.25, 0.3) is 5.91 Å². The lowest BCUT2D eigenvalue weighted by Gasteiger charge is -2.21. The van der Waals surface area contributed by atoms with Gasteiger partial charge in [0, 0.05) is 54.3 Å². The number of nitrogens with zero attached hydrogens (tertiary/aromatic N) is 2. The molecule has 0 saturated heterocycles. The highest BCUT2D eigenvalue weighted by atomic mass is 35.5. The van der Waals surface area contributed by atoms with E-state index in [1.807, 2.05) is 31.2 Å². The molecule has 0 aliphatic heterocycles. The third-order valence-corrected chi connectivity index (χ3v) is 6.06. The van der Waals surface area contributed by atoms with Gasteiger partial charge in [0.1, 0.15) is 0 Å². The van der Waals surface area contributed by atoms with Gasteiger partial charge in [-0.15, -0.1) is 0 Å². The van der Waals surface area contributed by atoms with Crippen molar-refractivity contribution in [3.63, 3.8) is 0 Å². The number of amides is 1. The molecule has 0 aliphatic rings. The molecule has 8 nitrogen and oxygen atoms in total. The minimum Gasteiger partial charge on any atom is -0.411 e. The summed E-state index contributed by atoms with van der Waals surface area (Å²) in [4.78, 5) is 24.2. The Morgan fingerprint density at radius 1 is 1.11 bits per heavy atom. The van der Waals surface area contributed by atoms with Gasteiger partial charge >= 0.3 is 0 Å². The van der Waals surface area contributed by atoms with E-state index in [2.05, 4.69) is 10.5 Å². The zero-order valence-corrected chi connectivity index (χ0v) is 20.2. The summed E-state index contributed by atoms with van der Waals surface area (Å²) in [5, 5.41) is 34.9. The van der Waals surface area contributed by atoms with Crippen LogP contribution in [-0.2, 0) is 7.05 Å². The van der Waals surface area contributed by atoms with E-state index in [4.69, 9.17) is 16.7 Å². The largest absolute Gasteiger partial charge is 0.411 e. The number of aromatic nitrogens is 1. The van der Waals surface area contributed by atoms with E-state index >= 15 is 0 Å². The molecule has 0 saturated carbocycles. The average molecular weight is 498 g/mol. The zero-order chi connectivity index (χ0) is 25.5. The molecular weight excluding hydrogens is 470 g/mol. The van der Waals surface area contributed by atoms with E-state index in [1.54, 1.807) is 37.5 Å². The molecule has 0 radical (unpaired) electrons. The molecule has 3 rings (SSSR count). The molecule has 1 unspecified atom stereocenters. The summed E-state index contributed by atoms with van der Waals surface area (Å²) in [7, 11) is 1.63. The van der Waals surface area contributed by atoms with Gasteiger partial charge in [-0.2, -0.15) is 0 Å². The number of aryl methyl sites for hydroxylation is 2. The third-order valence-electron chi connectivity index (χ3n) is 5.83. The minimum atomic E-state index is -1.02. The molecule has 2 atom stereocenters. The first-order chi connectivity index (χ1) is 16.7. The van der Waals surface area contributed by atoms with Crippen molar-refractivity contribution < 1.29 is 20.2 Å². The molecule has 0 spiro atoms. The topological polar surface area (TPSA) is 124 Å². The quantitative estimate of drug-likeness (QED) is 0.205. The van der Waals surface area contributed by atoms with Crippen LogP contribution in [0, 0.1) is 6.92 Å². The second-order valence-corrected chi connectivity index (χ2v) is 8.78. The molecule has 35 heavy (non-hydrogen) atoms. The standard InChI is InChI=1S/C26H28ClN3O5/c1-16-11-20(27)8-9-22(16)23(12-24(29-35)19-7-10-25(33)30(2)14-19)17-3-5-18(6-4-17)26(34)28-13-21(32)15-31/h3-11,14,21,23,31-32,35H,12-13,15H2,1-2H3,(H,28,34)/b29-24+/t21-,23?/m1/s1. The molecule has 9 heteroatoms. The monoisotopic (exact) mass is 497 g/mol. The highest BCUT2D eigenvalue weighted by Gasteiger charge is 2.21. The van der Waals surface area contributed by atoms with Crippen molar-refractivity contribution in [3.05, 3.63) is 104 Å². The molecule has 1 aromatic heterocycles. The Labute approximate surface area is 208 Å². The van der Waals surface area contributed by atoms with Crippen LogP contribution in [0.1, 0.15) is 45.0 Å². The Hall–Kier alpha value is -3.46. The summed E-state index contributed by atoms with van der Waals surface area (Å²) in [6, 6.07) is 15.6. The number of hydrogen-bond acceptors (Lipinski definition) is 6. The Morgan fingerprint density at radius 2 is 1.80 bits per heavy atom. The van der Waals surface area contributed by atoms with Gasteiger partial charge in [-0.05, 0) is 53.9 Å². The number of nitrogens with one attached hydrogen (secondary N) is 1. The first-order valence-corrected chi connectivity index (χ1v) is 11.4. The first kappa shape index (κ1) is 26.2. The fourth-order valence-corrected chi connectivity index (χ4v) is 4.08. The molecule has 0 aliphatic carbocycles. The number of rotatable bonds is 9. The second kappa shape index (κ2) is 11.8. The molecule has 1 heterocycles. The summed E-state index contributed by atoms with van der Waals surface area (Å²) < 4.78 is 1.42. The van der Waals surface area contributed by atoms with Gasteiger partial charge in [-0.3, -0.25) is 9.59 Å². The number of aliphatic hydroxyl groups excluding tert-OH is 2. The molecule has 0 bridgehead atoms. The molecule has 1 amide bonds. The van der Waals surface area contributed by atoms with Crippen LogP contribution >= 0.6 is 11.6 Å². The van der Waals surface area contributed by atoms with E-state index < -0.39 is 12.7 Å². The second-order valence-electron chi connectivity index (χ2n) is 8.34. The average Bonchev–Trinajstić information content (AvgIpc) is 2.85. The lowest BCUT2D eigenvalue weighted by molar-refractivity contribution is 0.0802. The summed E-state index contributed by atoms with van der Waals surface area (Å²) in [5.74, 6) is -0.602. The number of aliphatic hydroxyl groups is 2. The lowest BCUT2D eigenvalue weighted by Crippen LogP contribution is -2.33. The van der Waals surface area contributed by atoms with Crippen LogP contribution < -0.4 is 10.9 Å². The molecule has 3 aromatic rings. The van der Waals surface area contributed by atoms with E-state index in [9.17, 15) is 19.9 Å². The third kappa shape index (κ3) is 6.57. The van der Waals surface area contributed by atoms with Crippen LogP contribution in [0.4, 0.5) is 0 Å². The van der Waals surface area contributed by atoms with Crippen molar-refractivity contribution in [1.82, 2.24) is 9.88 Å². The number of benzene rings is 2. The van der Waals surface area contributed by atoms with E-state index in [-0.39, 0.29) is 23.9 Å². The van der Waals surface area contributed by atoms with Gasteiger partial charge in [-0.25, -0.2) is 0 Å². The van der Waals surface area contributed by atoms with Crippen LogP contribution in [0.5, 0.6) is 0 Å². The first-order valence-electron chi connectivity index (χ1n) is 11.0. The number of pyridine rings is 1. The lowest BCUT2D eigenvalue weighted by atomic mass is 9.83. The fourth-order valence-electron chi connectivity index (χ4n) is 3.86. The van der Waals surface area contributed by atoms with E-state index in [0.717, 1.165) is 16.7 Å². The minimum absolute atomic E-state index is 0.0560.